The molecule has 1 N–H and O–H groups in total. The molecule has 0 bridgehead atoms. The third-order valence-corrected chi connectivity index (χ3v) is 3.78. The zero-order chi connectivity index (χ0) is 14.9. The average Bonchev–Trinajstić information content (AvgIpc) is 2.95. The van der Waals surface area contributed by atoms with Crippen molar-refractivity contribution in [3.63, 3.8) is 0 Å². The first-order valence-corrected chi connectivity index (χ1v) is 7.52. The molecule has 4 nitrogen and oxygen atoms in total. The Labute approximate surface area is 126 Å². The molecule has 0 amide bonds. The zero-order valence-electron chi connectivity index (χ0n) is 13.0. The van der Waals surface area contributed by atoms with E-state index in [1.165, 1.54) is 11.1 Å². The first-order valence-electron chi connectivity index (χ1n) is 7.52. The van der Waals surface area contributed by atoms with Crippen LogP contribution in [0.2, 0.25) is 0 Å². The van der Waals surface area contributed by atoms with Gasteiger partial charge < -0.3 is 10.1 Å². The lowest BCUT2D eigenvalue weighted by atomic mass is 10.0. The van der Waals surface area contributed by atoms with Gasteiger partial charge in [0.15, 0.2) is 0 Å². The van der Waals surface area contributed by atoms with E-state index in [0.29, 0.717) is 0 Å². The number of nitrogens with zero attached hydrogens (tertiary/aromatic N) is 2. The predicted octanol–water partition coefficient (Wildman–Crippen LogP) is 2.47. The summed E-state index contributed by atoms with van der Waals surface area (Å²) in [5.41, 5.74) is 3.71. The molecule has 1 aliphatic rings. The van der Waals surface area contributed by atoms with E-state index in [2.05, 4.69) is 48.5 Å². The quantitative estimate of drug-likeness (QED) is 0.858. The van der Waals surface area contributed by atoms with Crippen molar-refractivity contribution in [2.24, 2.45) is 7.05 Å². The minimum atomic E-state index is -0.0621. The van der Waals surface area contributed by atoms with Gasteiger partial charge in [0.25, 0.3) is 0 Å². The van der Waals surface area contributed by atoms with Crippen LogP contribution in [-0.2, 0) is 26.4 Å². The van der Waals surface area contributed by atoms with Gasteiger partial charge in [0.2, 0.25) is 0 Å². The van der Waals surface area contributed by atoms with Gasteiger partial charge in [-0.3, -0.25) is 4.68 Å². The summed E-state index contributed by atoms with van der Waals surface area (Å²) in [7, 11) is 1.95. The van der Waals surface area contributed by atoms with E-state index in [0.717, 1.165) is 37.4 Å². The number of fused-ring (bicyclic) bond motifs is 1. The van der Waals surface area contributed by atoms with E-state index in [1.54, 1.807) is 0 Å². The second kappa shape index (κ2) is 5.53. The van der Waals surface area contributed by atoms with Crippen LogP contribution < -0.4 is 10.1 Å². The molecule has 0 unspecified atom stereocenters. The Balaban J connectivity index is 1.50. The van der Waals surface area contributed by atoms with Crippen molar-refractivity contribution >= 4 is 0 Å². The summed E-state index contributed by atoms with van der Waals surface area (Å²) in [5.74, 6) is 1.04. The molecule has 2 heterocycles. The smallest absolute Gasteiger partial charge is 0.123 e. The molecule has 0 radical (unpaired) electrons. The largest absolute Gasteiger partial charge is 0.487 e. The molecule has 4 heteroatoms. The van der Waals surface area contributed by atoms with Gasteiger partial charge in [-0.2, -0.15) is 5.10 Å². The molecule has 1 aliphatic heterocycles. The topological polar surface area (TPSA) is 39.1 Å². The van der Waals surface area contributed by atoms with Gasteiger partial charge in [-0.25, -0.2) is 0 Å². The maximum atomic E-state index is 5.90. The van der Waals surface area contributed by atoms with Gasteiger partial charge in [0.05, 0.1) is 5.69 Å². The van der Waals surface area contributed by atoms with Gasteiger partial charge in [-0.1, -0.05) is 12.1 Å². The highest BCUT2D eigenvalue weighted by Gasteiger charge is 2.29. The minimum absolute atomic E-state index is 0.0621. The molecule has 0 spiro atoms. The molecule has 0 fully saturated rings. The summed E-state index contributed by atoms with van der Waals surface area (Å²) in [6, 6.07) is 8.57. The maximum absolute atomic E-state index is 5.90. The lowest BCUT2D eigenvalue weighted by molar-refractivity contribution is 0.138. The van der Waals surface area contributed by atoms with E-state index in [1.807, 2.05) is 17.9 Å². The second-order valence-electron chi connectivity index (χ2n) is 6.39. The van der Waals surface area contributed by atoms with Crippen molar-refractivity contribution in [2.45, 2.75) is 38.8 Å². The highest BCUT2D eigenvalue weighted by Crippen LogP contribution is 2.35. The Morgan fingerprint density at radius 2 is 2.19 bits per heavy atom. The molecule has 0 atom stereocenters. The zero-order valence-corrected chi connectivity index (χ0v) is 13.0. The van der Waals surface area contributed by atoms with E-state index in [4.69, 9.17) is 4.74 Å². The van der Waals surface area contributed by atoms with Gasteiger partial charge in [-0.15, -0.1) is 0 Å². The Hall–Kier alpha value is -1.81. The highest BCUT2D eigenvalue weighted by atomic mass is 16.5. The Bertz CT molecular complexity index is 631. The predicted molar refractivity (Wildman–Crippen MR) is 83.5 cm³/mol. The van der Waals surface area contributed by atoms with Crippen molar-refractivity contribution in [1.82, 2.24) is 15.1 Å². The van der Waals surface area contributed by atoms with Crippen LogP contribution in [0, 0.1) is 0 Å². The number of benzene rings is 1. The summed E-state index contributed by atoms with van der Waals surface area (Å²) < 4.78 is 7.75. The van der Waals surface area contributed by atoms with E-state index in [-0.39, 0.29) is 5.60 Å². The normalized spacial score (nSPS) is 15.8. The standard InChI is InChI=1S/C17H23N3O/c1-17(2)11-14-10-13(4-5-16(14)21-17)12-18-8-6-15-7-9-20(3)19-15/h4-5,7,9-10,18H,6,8,11-12H2,1-3H3. The Morgan fingerprint density at radius 1 is 1.33 bits per heavy atom. The summed E-state index contributed by atoms with van der Waals surface area (Å²) in [6.07, 6.45) is 3.93. The van der Waals surface area contributed by atoms with E-state index < -0.39 is 0 Å². The summed E-state index contributed by atoms with van der Waals surface area (Å²) in [5, 5.41) is 7.86. The Morgan fingerprint density at radius 3 is 2.95 bits per heavy atom. The fourth-order valence-electron chi connectivity index (χ4n) is 2.82. The molecular weight excluding hydrogens is 262 g/mol. The third kappa shape index (κ3) is 3.45. The SMILES string of the molecule is Cn1ccc(CCNCc2ccc3c(c2)CC(C)(C)O3)n1. The summed E-state index contributed by atoms with van der Waals surface area (Å²) in [4.78, 5) is 0. The van der Waals surface area contributed by atoms with Gasteiger partial charge in [0, 0.05) is 39.2 Å². The van der Waals surface area contributed by atoms with Crippen LogP contribution in [0.4, 0.5) is 0 Å². The third-order valence-electron chi connectivity index (χ3n) is 3.78. The number of rotatable bonds is 5. The minimum Gasteiger partial charge on any atom is -0.487 e. The maximum Gasteiger partial charge on any atom is 0.123 e. The van der Waals surface area contributed by atoms with Crippen molar-refractivity contribution in [2.75, 3.05) is 6.54 Å². The lowest BCUT2D eigenvalue weighted by Crippen LogP contribution is -2.24. The Kier molecular flexibility index (Phi) is 3.72. The molecule has 0 saturated heterocycles. The van der Waals surface area contributed by atoms with Crippen molar-refractivity contribution in [3.05, 3.63) is 47.3 Å². The second-order valence-corrected chi connectivity index (χ2v) is 6.39. The molecule has 112 valence electrons. The van der Waals surface area contributed by atoms with Crippen LogP contribution in [0.1, 0.15) is 30.7 Å². The van der Waals surface area contributed by atoms with E-state index in [9.17, 15) is 0 Å². The fourth-order valence-corrected chi connectivity index (χ4v) is 2.82. The highest BCUT2D eigenvalue weighted by molar-refractivity contribution is 5.41. The lowest BCUT2D eigenvalue weighted by Gasteiger charge is -2.16. The van der Waals surface area contributed by atoms with Crippen LogP contribution in [-0.4, -0.2) is 21.9 Å². The molecule has 0 saturated carbocycles. The van der Waals surface area contributed by atoms with Crippen LogP contribution >= 0.6 is 0 Å². The number of ether oxygens (including phenoxy) is 1. The molecular formula is C17H23N3O. The first-order chi connectivity index (χ1) is 10.0. The first kappa shape index (κ1) is 14.1. The van der Waals surface area contributed by atoms with Crippen molar-refractivity contribution < 1.29 is 4.74 Å². The van der Waals surface area contributed by atoms with Crippen LogP contribution in [0.25, 0.3) is 0 Å². The van der Waals surface area contributed by atoms with Gasteiger partial charge in [0.1, 0.15) is 11.4 Å². The summed E-state index contributed by atoms with van der Waals surface area (Å²) >= 11 is 0. The molecule has 3 rings (SSSR count). The monoisotopic (exact) mass is 285 g/mol. The molecule has 0 aliphatic carbocycles. The van der Waals surface area contributed by atoms with Crippen LogP contribution in [0.3, 0.4) is 0 Å². The van der Waals surface area contributed by atoms with Crippen LogP contribution in [0.15, 0.2) is 30.5 Å². The van der Waals surface area contributed by atoms with Crippen LogP contribution in [0.5, 0.6) is 5.75 Å². The number of aryl methyl sites for hydroxylation is 1. The average molecular weight is 285 g/mol. The number of hydrogen-bond donors (Lipinski definition) is 1. The molecule has 1 aromatic carbocycles. The van der Waals surface area contributed by atoms with Gasteiger partial charge in [-0.05, 0) is 37.1 Å². The van der Waals surface area contributed by atoms with Crippen molar-refractivity contribution in [3.8, 4) is 5.75 Å². The fraction of sp³-hybridized carbons (Fsp3) is 0.471. The number of hydrogen-bond acceptors (Lipinski definition) is 3. The molecule has 1 aromatic heterocycles. The number of nitrogens with one attached hydrogen (secondary N) is 1. The summed E-state index contributed by atoms with van der Waals surface area (Å²) in [6.45, 7) is 6.10. The number of aromatic nitrogens is 2. The molecule has 21 heavy (non-hydrogen) atoms. The van der Waals surface area contributed by atoms with E-state index >= 15 is 0 Å². The molecule has 2 aromatic rings. The van der Waals surface area contributed by atoms with Gasteiger partial charge >= 0.3 is 0 Å². The van der Waals surface area contributed by atoms with Crippen molar-refractivity contribution in [1.29, 1.82) is 0 Å².